The van der Waals surface area contributed by atoms with E-state index in [-0.39, 0.29) is 23.8 Å². The van der Waals surface area contributed by atoms with Crippen molar-refractivity contribution in [2.75, 3.05) is 6.54 Å². The first-order valence-corrected chi connectivity index (χ1v) is 15.2. The molecule has 0 aliphatic carbocycles. The lowest BCUT2D eigenvalue weighted by Gasteiger charge is -2.25. The van der Waals surface area contributed by atoms with Crippen LogP contribution in [0.25, 0.3) is 11.0 Å². The van der Waals surface area contributed by atoms with Gasteiger partial charge in [0.15, 0.2) is 0 Å². The topological polar surface area (TPSA) is 118 Å². The Hall–Kier alpha value is -3.63. The van der Waals surface area contributed by atoms with Gasteiger partial charge >= 0.3 is 5.97 Å². The minimum atomic E-state index is -3.75. The lowest BCUT2D eigenvalue weighted by molar-refractivity contribution is -0.137. The van der Waals surface area contributed by atoms with Crippen molar-refractivity contribution >= 4 is 27.0 Å². The van der Waals surface area contributed by atoms with Crippen LogP contribution in [0.4, 0.5) is 0 Å². The van der Waals surface area contributed by atoms with Gasteiger partial charge in [0.05, 0.1) is 17.6 Å². The number of sulfonamides is 1. The van der Waals surface area contributed by atoms with Gasteiger partial charge in [-0.2, -0.15) is 4.31 Å². The second-order valence-corrected chi connectivity index (χ2v) is 12.5. The van der Waals surface area contributed by atoms with Crippen molar-refractivity contribution in [1.82, 2.24) is 24.3 Å². The monoisotopic (exact) mass is 561 g/mol. The zero-order valence-electron chi connectivity index (χ0n) is 23.3. The van der Waals surface area contributed by atoms with Crippen molar-refractivity contribution in [3.05, 3.63) is 82.2 Å². The van der Waals surface area contributed by atoms with E-state index in [1.807, 2.05) is 55.8 Å². The zero-order valence-corrected chi connectivity index (χ0v) is 24.1. The normalized spacial score (nSPS) is 17.9. The van der Waals surface area contributed by atoms with Crippen molar-refractivity contribution in [3.63, 3.8) is 0 Å². The second-order valence-electron chi connectivity index (χ2n) is 10.6. The molecule has 2 aromatic heterocycles. The van der Waals surface area contributed by atoms with Crippen molar-refractivity contribution in [1.29, 1.82) is 0 Å². The summed E-state index contributed by atoms with van der Waals surface area (Å²) in [5.41, 5.74) is 6.70. The number of aromatic nitrogens is 4. The maximum Gasteiger partial charge on any atom is 0.304 e. The number of hydrogen-bond donors (Lipinski definition) is 1. The van der Waals surface area contributed by atoms with Crippen LogP contribution in [0.1, 0.15) is 66.1 Å². The predicted molar refractivity (Wildman–Crippen MR) is 153 cm³/mol. The number of rotatable bonds is 8. The van der Waals surface area contributed by atoms with E-state index in [1.165, 1.54) is 0 Å². The molecule has 5 rings (SSSR count). The summed E-state index contributed by atoms with van der Waals surface area (Å²) in [6.45, 7) is 9.29. The third-order valence-corrected chi connectivity index (χ3v) is 10.0. The molecule has 210 valence electrons. The van der Waals surface area contributed by atoms with E-state index in [0.717, 1.165) is 45.3 Å². The van der Waals surface area contributed by atoms with Crippen LogP contribution in [0, 0.1) is 19.8 Å². The van der Waals surface area contributed by atoms with Gasteiger partial charge in [0.25, 0.3) is 0 Å². The lowest BCUT2D eigenvalue weighted by Crippen LogP contribution is -2.33. The summed E-state index contributed by atoms with van der Waals surface area (Å²) >= 11 is 0. The highest BCUT2D eigenvalue weighted by molar-refractivity contribution is 7.89. The van der Waals surface area contributed by atoms with Crippen LogP contribution in [0.5, 0.6) is 0 Å². The Bertz CT molecular complexity index is 1680. The highest BCUT2D eigenvalue weighted by atomic mass is 32.2. The first kappa shape index (κ1) is 27.9. The average molecular weight is 562 g/mol. The summed E-state index contributed by atoms with van der Waals surface area (Å²) in [6, 6.07) is 13.1. The van der Waals surface area contributed by atoms with Crippen molar-refractivity contribution in [3.8, 4) is 0 Å². The van der Waals surface area contributed by atoms with E-state index >= 15 is 0 Å². The van der Waals surface area contributed by atoms with Crippen LogP contribution in [-0.4, -0.2) is 50.3 Å². The van der Waals surface area contributed by atoms with Crippen LogP contribution in [0.3, 0.4) is 0 Å². The molecule has 9 nitrogen and oxygen atoms in total. The van der Waals surface area contributed by atoms with Gasteiger partial charge < -0.3 is 5.11 Å². The maximum absolute atomic E-state index is 13.8. The number of benzene rings is 2. The number of carboxylic acids is 1. The van der Waals surface area contributed by atoms with E-state index in [9.17, 15) is 18.3 Å². The molecule has 0 amide bonds. The molecule has 2 atom stereocenters. The third kappa shape index (κ3) is 5.13. The number of nitrogens with zero attached hydrogens (tertiary/aromatic N) is 5. The Kier molecular flexibility index (Phi) is 7.74. The standard InChI is InChI=1S/C30H35N5O4S/c1-5-21-14-26-28(8-7-13-31-26)40(38,39)34(17-21)18-23-15-22(10-9-19(23)3)25(16-29(36)37)24-11-12-27-30(20(24)4)32-33-35(27)6-2/h7-13,15,21,25H,5-6,14,16-18H2,1-4H3,(H,36,37)/t21-,25?/m0/s1. The van der Waals surface area contributed by atoms with E-state index in [2.05, 4.69) is 22.2 Å². The van der Waals surface area contributed by atoms with Crippen LogP contribution in [0.2, 0.25) is 0 Å². The molecule has 0 saturated carbocycles. The Labute approximate surface area is 234 Å². The van der Waals surface area contributed by atoms with Gasteiger partial charge in [-0.25, -0.2) is 13.1 Å². The van der Waals surface area contributed by atoms with Gasteiger partial charge in [-0.05, 0) is 79.1 Å². The van der Waals surface area contributed by atoms with Crippen molar-refractivity contribution < 1.29 is 18.3 Å². The van der Waals surface area contributed by atoms with Crippen molar-refractivity contribution in [2.24, 2.45) is 5.92 Å². The molecule has 1 aliphatic heterocycles. The first-order valence-electron chi connectivity index (χ1n) is 13.7. The molecule has 0 fully saturated rings. The quantitative estimate of drug-likeness (QED) is 0.327. The van der Waals surface area contributed by atoms with E-state index < -0.39 is 21.9 Å². The molecule has 1 aliphatic rings. The molecule has 1 unspecified atom stereocenters. The molecular formula is C30H35N5O4S. The summed E-state index contributed by atoms with van der Waals surface area (Å²) in [4.78, 5) is 16.7. The highest BCUT2D eigenvalue weighted by Crippen LogP contribution is 2.35. The molecule has 10 heteroatoms. The smallest absolute Gasteiger partial charge is 0.304 e. The molecular weight excluding hydrogens is 526 g/mol. The first-order chi connectivity index (χ1) is 19.1. The minimum Gasteiger partial charge on any atom is -0.481 e. The molecule has 40 heavy (non-hydrogen) atoms. The maximum atomic E-state index is 13.8. The van der Waals surface area contributed by atoms with Crippen LogP contribution >= 0.6 is 0 Å². The molecule has 2 aromatic carbocycles. The fourth-order valence-corrected chi connectivity index (χ4v) is 7.42. The van der Waals surface area contributed by atoms with Gasteiger partial charge in [-0.3, -0.25) is 9.78 Å². The second kappa shape index (κ2) is 11.1. The van der Waals surface area contributed by atoms with E-state index in [1.54, 1.807) is 22.6 Å². The SMILES string of the molecule is CC[C@H]1Cc2ncccc2S(=O)(=O)N(Cc2cc(C(CC(=O)O)c3ccc4c(nnn4CC)c3C)ccc2C)C1. The molecule has 0 saturated heterocycles. The summed E-state index contributed by atoms with van der Waals surface area (Å²) in [6.07, 6.45) is 3.00. The Morgan fingerprint density at radius 2 is 1.95 bits per heavy atom. The fourth-order valence-electron chi connectivity index (χ4n) is 5.74. The van der Waals surface area contributed by atoms with Gasteiger partial charge in [0.2, 0.25) is 10.0 Å². The average Bonchev–Trinajstić information content (AvgIpc) is 3.32. The fraction of sp³-hybridized carbons (Fsp3) is 0.400. The van der Waals surface area contributed by atoms with Crippen LogP contribution < -0.4 is 0 Å². The molecule has 0 bridgehead atoms. The number of carbonyl (C=O) groups is 1. The summed E-state index contributed by atoms with van der Waals surface area (Å²) in [5.74, 6) is -1.18. The number of aliphatic carboxylic acids is 1. The molecule has 4 aromatic rings. The number of fused-ring (bicyclic) bond motifs is 2. The summed E-state index contributed by atoms with van der Waals surface area (Å²) in [5, 5.41) is 18.5. The summed E-state index contributed by atoms with van der Waals surface area (Å²) < 4.78 is 30.9. The predicted octanol–water partition coefficient (Wildman–Crippen LogP) is 4.84. The number of pyridine rings is 1. The van der Waals surface area contributed by atoms with Gasteiger partial charge in [-0.1, -0.05) is 42.8 Å². The Morgan fingerprint density at radius 3 is 2.67 bits per heavy atom. The minimum absolute atomic E-state index is 0.101. The van der Waals surface area contributed by atoms with Crippen LogP contribution in [-0.2, 0) is 34.3 Å². The largest absolute Gasteiger partial charge is 0.481 e. The van der Waals surface area contributed by atoms with E-state index in [0.29, 0.717) is 25.2 Å². The van der Waals surface area contributed by atoms with Gasteiger partial charge in [0, 0.05) is 31.7 Å². The molecule has 0 spiro atoms. The Morgan fingerprint density at radius 1 is 1.15 bits per heavy atom. The van der Waals surface area contributed by atoms with Gasteiger partial charge in [-0.15, -0.1) is 5.10 Å². The van der Waals surface area contributed by atoms with Crippen molar-refractivity contribution in [2.45, 2.75) is 70.9 Å². The van der Waals surface area contributed by atoms with Gasteiger partial charge in [0.1, 0.15) is 10.4 Å². The lowest BCUT2D eigenvalue weighted by atomic mass is 9.84. The molecule has 3 heterocycles. The number of carboxylic acid groups (broad SMARTS) is 1. The number of hydrogen-bond acceptors (Lipinski definition) is 6. The number of aryl methyl sites for hydroxylation is 3. The molecule has 1 N–H and O–H groups in total. The van der Waals surface area contributed by atoms with E-state index in [4.69, 9.17) is 0 Å². The summed E-state index contributed by atoms with van der Waals surface area (Å²) in [7, 11) is -3.75. The molecule has 0 radical (unpaired) electrons. The highest BCUT2D eigenvalue weighted by Gasteiger charge is 2.34. The zero-order chi connectivity index (χ0) is 28.6. The van der Waals surface area contributed by atoms with Crippen LogP contribution in [0.15, 0.2) is 53.6 Å². The Balaban J connectivity index is 1.56. The third-order valence-electron chi connectivity index (χ3n) is 8.15.